The highest BCUT2D eigenvalue weighted by molar-refractivity contribution is 6.29. The normalized spacial score (nSPS) is 21.5. The third-order valence-electron chi connectivity index (χ3n) is 5.72. The Labute approximate surface area is 169 Å². The van der Waals surface area contributed by atoms with E-state index in [1.165, 1.54) is 5.56 Å². The van der Waals surface area contributed by atoms with E-state index in [-0.39, 0.29) is 11.9 Å². The van der Waals surface area contributed by atoms with Crippen molar-refractivity contribution in [3.63, 3.8) is 0 Å². The third-order valence-corrected chi connectivity index (χ3v) is 5.94. The van der Waals surface area contributed by atoms with Crippen LogP contribution < -0.4 is 10.2 Å². The first-order valence-electron chi connectivity index (χ1n) is 9.84. The molecule has 148 valence electrons. The number of anilines is 1. The molecule has 1 unspecified atom stereocenters. The van der Waals surface area contributed by atoms with Gasteiger partial charge in [0.2, 0.25) is 0 Å². The number of fused-ring (bicyclic) bond motifs is 1. The molecule has 0 aromatic carbocycles. The van der Waals surface area contributed by atoms with Gasteiger partial charge in [-0.25, -0.2) is 9.97 Å². The van der Waals surface area contributed by atoms with Crippen molar-refractivity contribution >= 4 is 23.3 Å². The molecule has 0 bridgehead atoms. The van der Waals surface area contributed by atoms with Gasteiger partial charge in [0.15, 0.2) is 0 Å². The molecular formula is C21H25ClN4O2. The van der Waals surface area contributed by atoms with Gasteiger partial charge in [-0.1, -0.05) is 30.5 Å². The molecule has 4 rings (SSSR count). The second kappa shape index (κ2) is 8.05. The largest absolute Gasteiger partial charge is 0.391 e. The molecule has 2 atom stereocenters. The number of aliphatic hydroxyl groups excluding tert-OH is 1. The Hall–Kier alpha value is -2.18. The van der Waals surface area contributed by atoms with Crippen LogP contribution in [0.3, 0.4) is 0 Å². The summed E-state index contributed by atoms with van der Waals surface area (Å²) in [5.41, 5.74) is 3.73. The molecule has 2 aromatic heterocycles. The summed E-state index contributed by atoms with van der Waals surface area (Å²) in [6.07, 6.45) is 6.46. The quantitative estimate of drug-likeness (QED) is 0.771. The minimum atomic E-state index is -0.477. The number of nitrogens with zero attached hydrogens (tertiary/aromatic N) is 3. The molecule has 3 heterocycles. The summed E-state index contributed by atoms with van der Waals surface area (Å²) >= 11 is 5.90. The van der Waals surface area contributed by atoms with E-state index < -0.39 is 6.10 Å². The number of rotatable bonds is 4. The van der Waals surface area contributed by atoms with Gasteiger partial charge in [-0.3, -0.25) is 4.79 Å². The molecule has 0 radical (unpaired) electrons. The topological polar surface area (TPSA) is 78.4 Å². The Morgan fingerprint density at radius 1 is 1.36 bits per heavy atom. The number of aliphatic hydroxyl groups is 1. The third kappa shape index (κ3) is 3.98. The lowest BCUT2D eigenvalue weighted by Crippen LogP contribution is -2.45. The van der Waals surface area contributed by atoms with E-state index in [4.69, 9.17) is 11.6 Å². The average Bonchev–Trinajstić information content (AvgIpc) is 3.07. The van der Waals surface area contributed by atoms with Gasteiger partial charge < -0.3 is 15.3 Å². The van der Waals surface area contributed by atoms with E-state index in [0.29, 0.717) is 17.3 Å². The van der Waals surface area contributed by atoms with E-state index in [2.05, 4.69) is 20.2 Å². The highest BCUT2D eigenvalue weighted by atomic mass is 35.5. The summed E-state index contributed by atoms with van der Waals surface area (Å²) in [6.45, 7) is 0.889. The average molecular weight is 401 g/mol. The molecule has 1 fully saturated rings. The maximum absolute atomic E-state index is 12.9. The fourth-order valence-corrected chi connectivity index (χ4v) is 4.22. The van der Waals surface area contributed by atoms with Gasteiger partial charge in [0.1, 0.15) is 16.7 Å². The molecule has 1 saturated carbocycles. The summed E-state index contributed by atoms with van der Waals surface area (Å²) in [6, 6.07) is 5.43. The SMILES string of the molecule is CN1CCc2c(Cc3ccc(Cl)nc3)cc(C(=O)N[C@H]3CCCCC3O)nc21. The van der Waals surface area contributed by atoms with E-state index in [1.807, 2.05) is 19.2 Å². The molecule has 2 aromatic rings. The summed E-state index contributed by atoms with van der Waals surface area (Å²) in [5.74, 6) is 0.651. The van der Waals surface area contributed by atoms with Crippen molar-refractivity contribution in [1.29, 1.82) is 0 Å². The Balaban J connectivity index is 1.61. The molecule has 0 spiro atoms. The summed E-state index contributed by atoms with van der Waals surface area (Å²) < 4.78 is 0. The monoisotopic (exact) mass is 400 g/mol. The van der Waals surface area contributed by atoms with Crippen LogP contribution in [-0.2, 0) is 12.8 Å². The molecule has 1 aliphatic carbocycles. The maximum atomic E-state index is 12.9. The van der Waals surface area contributed by atoms with Gasteiger partial charge in [-0.15, -0.1) is 0 Å². The van der Waals surface area contributed by atoms with Crippen molar-refractivity contribution in [3.05, 3.63) is 51.9 Å². The number of nitrogens with one attached hydrogen (secondary N) is 1. The lowest BCUT2D eigenvalue weighted by atomic mass is 9.92. The zero-order valence-electron chi connectivity index (χ0n) is 16.0. The zero-order chi connectivity index (χ0) is 19.7. The van der Waals surface area contributed by atoms with Crippen LogP contribution in [0.15, 0.2) is 24.4 Å². The van der Waals surface area contributed by atoms with E-state index >= 15 is 0 Å². The van der Waals surface area contributed by atoms with Gasteiger partial charge in [-0.05, 0) is 48.9 Å². The first kappa shape index (κ1) is 19.2. The number of halogens is 1. The number of carbonyl (C=O) groups excluding carboxylic acids is 1. The minimum absolute atomic E-state index is 0.196. The van der Waals surface area contributed by atoms with Crippen LogP contribution in [0.1, 0.15) is 52.9 Å². The van der Waals surface area contributed by atoms with Crippen molar-refractivity contribution < 1.29 is 9.90 Å². The fourth-order valence-electron chi connectivity index (χ4n) is 4.11. The van der Waals surface area contributed by atoms with Crippen molar-refractivity contribution in [2.75, 3.05) is 18.5 Å². The van der Waals surface area contributed by atoms with Crippen LogP contribution in [0.5, 0.6) is 0 Å². The van der Waals surface area contributed by atoms with Crippen molar-refractivity contribution in [3.8, 4) is 0 Å². The Morgan fingerprint density at radius 3 is 2.93 bits per heavy atom. The first-order chi connectivity index (χ1) is 13.5. The van der Waals surface area contributed by atoms with E-state index in [1.54, 1.807) is 12.3 Å². The number of aromatic nitrogens is 2. The van der Waals surface area contributed by atoms with Crippen molar-refractivity contribution in [2.45, 2.75) is 50.7 Å². The standard InChI is InChI=1S/C21H25ClN4O2/c1-26-9-8-15-14(10-13-6-7-19(22)23-12-13)11-17(24-20(15)26)21(28)25-16-4-2-3-5-18(16)27/h6-7,11-12,16,18,27H,2-5,8-10H2,1H3,(H,25,28)/t16-,18?/m0/s1. The lowest BCUT2D eigenvalue weighted by Gasteiger charge is -2.28. The molecule has 1 amide bonds. The number of amides is 1. The summed E-state index contributed by atoms with van der Waals surface area (Å²) in [7, 11) is 2.00. The lowest BCUT2D eigenvalue weighted by molar-refractivity contribution is 0.0714. The van der Waals surface area contributed by atoms with E-state index in [0.717, 1.165) is 55.6 Å². The highest BCUT2D eigenvalue weighted by Crippen LogP contribution is 2.30. The van der Waals surface area contributed by atoms with Gasteiger partial charge in [0, 0.05) is 25.4 Å². The Morgan fingerprint density at radius 2 is 2.18 bits per heavy atom. The van der Waals surface area contributed by atoms with Gasteiger partial charge in [0.25, 0.3) is 5.91 Å². The molecular weight excluding hydrogens is 376 g/mol. The summed E-state index contributed by atoms with van der Waals surface area (Å²) in [5, 5.41) is 13.6. The molecule has 2 aliphatic rings. The molecule has 6 nitrogen and oxygen atoms in total. The molecule has 2 N–H and O–H groups in total. The highest BCUT2D eigenvalue weighted by Gasteiger charge is 2.28. The van der Waals surface area contributed by atoms with Crippen LogP contribution in [0, 0.1) is 0 Å². The fraction of sp³-hybridized carbons (Fsp3) is 0.476. The Kier molecular flexibility index (Phi) is 5.51. The number of carbonyl (C=O) groups is 1. The van der Waals surface area contributed by atoms with Crippen molar-refractivity contribution in [2.24, 2.45) is 0 Å². The predicted molar refractivity (Wildman–Crippen MR) is 109 cm³/mol. The van der Waals surface area contributed by atoms with E-state index in [9.17, 15) is 9.90 Å². The molecule has 1 aliphatic heterocycles. The van der Waals surface area contributed by atoms with Crippen LogP contribution in [-0.4, -0.2) is 46.7 Å². The summed E-state index contributed by atoms with van der Waals surface area (Å²) in [4.78, 5) is 23.8. The van der Waals surface area contributed by atoms with Crippen LogP contribution in [0.25, 0.3) is 0 Å². The maximum Gasteiger partial charge on any atom is 0.270 e. The molecule has 7 heteroatoms. The van der Waals surface area contributed by atoms with Gasteiger partial charge in [-0.2, -0.15) is 0 Å². The minimum Gasteiger partial charge on any atom is -0.391 e. The number of hydrogen-bond donors (Lipinski definition) is 2. The van der Waals surface area contributed by atoms with Crippen LogP contribution in [0.4, 0.5) is 5.82 Å². The Bertz CT molecular complexity index is 871. The molecule has 0 saturated heterocycles. The van der Waals surface area contributed by atoms with Gasteiger partial charge >= 0.3 is 0 Å². The predicted octanol–water partition coefficient (Wildman–Crippen LogP) is 2.75. The van der Waals surface area contributed by atoms with Crippen LogP contribution >= 0.6 is 11.6 Å². The van der Waals surface area contributed by atoms with Gasteiger partial charge in [0.05, 0.1) is 12.1 Å². The first-order valence-corrected chi connectivity index (χ1v) is 10.2. The van der Waals surface area contributed by atoms with Crippen LogP contribution in [0.2, 0.25) is 5.15 Å². The second-order valence-electron chi connectivity index (χ2n) is 7.74. The number of pyridine rings is 2. The zero-order valence-corrected chi connectivity index (χ0v) is 16.7. The number of likely N-dealkylation sites (N-methyl/N-ethyl adjacent to an activating group) is 1. The molecule has 28 heavy (non-hydrogen) atoms. The van der Waals surface area contributed by atoms with Crippen molar-refractivity contribution in [1.82, 2.24) is 15.3 Å². The second-order valence-corrected chi connectivity index (χ2v) is 8.13. The smallest absolute Gasteiger partial charge is 0.270 e. The number of hydrogen-bond acceptors (Lipinski definition) is 5.